The molecule has 5 heteroatoms. The zero-order chi connectivity index (χ0) is 11.2. The highest BCUT2D eigenvalue weighted by atomic mass is 32.1. The number of nitrogens with two attached hydrogens (primary N) is 1. The predicted octanol–water partition coefficient (Wildman–Crippen LogP) is 1.53. The van der Waals surface area contributed by atoms with Crippen LogP contribution in [-0.4, -0.2) is 11.5 Å². The summed E-state index contributed by atoms with van der Waals surface area (Å²) in [4.78, 5) is 4.22. The van der Waals surface area contributed by atoms with Gasteiger partial charge >= 0.3 is 0 Å². The van der Waals surface area contributed by atoms with E-state index in [2.05, 4.69) is 15.7 Å². The van der Waals surface area contributed by atoms with E-state index < -0.39 is 0 Å². The van der Waals surface area contributed by atoms with Crippen molar-refractivity contribution in [2.24, 2.45) is 5.73 Å². The maximum atomic E-state index is 5.47. The molecule has 0 saturated heterocycles. The molecule has 0 atom stereocenters. The number of hydrogen-bond acceptors (Lipinski definition) is 5. The number of rotatable bonds is 6. The summed E-state index contributed by atoms with van der Waals surface area (Å²) in [5.41, 5.74) is 8.46. The molecule has 2 heterocycles. The molecular formula is C11H15N3OS. The fourth-order valence-electron chi connectivity index (χ4n) is 1.42. The van der Waals surface area contributed by atoms with Crippen molar-refractivity contribution in [1.29, 1.82) is 0 Å². The Kier molecular flexibility index (Phi) is 4.10. The van der Waals surface area contributed by atoms with Crippen LogP contribution >= 0.6 is 11.3 Å². The topological polar surface area (TPSA) is 64.1 Å². The van der Waals surface area contributed by atoms with Gasteiger partial charge in [-0.05, 0) is 12.1 Å². The van der Waals surface area contributed by atoms with Crippen LogP contribution in [0.1, 0.15) is 17.2 Å². The fourth-order valence-corrected chi connectivity index (χ4v) is 2.01. The predicted molar refractivity (Wildman–Crippen MR) is 64.1 cm³/mol. The number of furan rings is 1. The molecule has 3 N–H and O–H groups in total. The lowest BCUT2D eigenvalue weighted by molar-refractivity contribution is 0.449. The molecule has 0 radical (unpaired) electrons. The molecular weight excluding hydrogens is 222 g/mol. The van der Waals surface area contributed by atoms with Crippen LogP contribution in [0, 0.1) is 0 Å². The van der Waals surface area contributed by atoms with Gasteiger partial charge in [-0.1, -0.05) is 0 Å². The molecule has 0 aliphatic carbocycles. The first kappa shape index (κ1) is 11.3. The molecule has 86 valence electrons. The van der Waals surface area contributed by atoms with E-state index in [-0.39, 0.29) is 0 Å². The summed E-state index contributed by atoms with van der Waals surface area (Å²) in [6.07, 6.45) is 0.952. The molecule has 0 aliphatic rings. The molecule has 0 bridgehead atoms. The lowest BCUT2D eigenvalue weighted by Gasteiger charge is -2.00. The average Bonchev–Trinajstić information content (AvgIpc) is 2.95. The van der Waals surface area contributed by atoms with Crippen molar-refractivity contribution in [1.82, 2.24) is 10.3 Å². The number of aromatic nitrogens is 1. The van der Waals surface area contributed by atoms with Crippen molar-refractivity contribution in [2.75, 3.05) is 6.54 Å². The monoisotopic (exact) mass is 237 g/mol. The highest BCUT2D eigenvalue weighted by molar-refractivity contribution is 7.07. The van der Waals surface area contributed by atoms with Crippen LogP contribution in [-0.2, 0) is 19.5 Å². The van der Waals surface area contributed by atoms with E-state index in [9.17, 15) is 0 Å². The van der Waals surface area contributed by atoms with Crippen LogP contribution in [0.4, 0.5) is 0 Å². The summed E-state index contributed by atoms with van der Waals surface area (Å²) in [6.45, 7) is 2.10. The summed E-state index contributed by atoms with van der Waals surface area (Å²) in [5, 5.41) is 5.38. The highest BCUT2D eigenvalue weighted by Gasteiger charge is 2.00. The normalized spacial score (nSPS) is 10.8. The van der Waals surface area contributed by atoms with Crippen LogP contribution in [0.5, 0.6) is 0 Å². The number of thiazole rings is 1. The van der Waals surface area contributed by atoms with Gasteiger partial charge in [0.15, 0.2) is 0 Å². The first-order chi connectivity index (χ1) is 7.88. The van der Waals surface area contributed by atoms with Crippen molar-refractivity contribution in [2.45, 2.75) is 19.5 Å². The molecule has 4 nitrogen and oxygen atoms in total. The Labute approximate surface area is 98.5 Å². The molecule has 2 aromatic rings. The van der Waals surface area contributed by atoms with Crippen molar-refractivity contribution in [3.05, 3.63) is 40.2 Å². The van der Waals surface area contributed by atoms with Gasteiger partial charge in [0.2, 0.25) is 0 Å². The molecule has 0 aromatic carbocycles. The molecule has 0 aliphatic heterocycles. The van der Waals surface area contributed by atoms with Gasteiger partial charge in [0.1, 0.15) is 11.5 Å². The standard InChI is InChI=1S/C11H15N3OS/c12-5-10-1-2-11(15-10)6-13-4-3-9-7-16-8-14-9/h1-2,7-8,13H,3-6,12H2. The highest BCUT2D eigenvalue weighted by Crippen LogP contribution is 2.06. The van der Waals surface area contributed by atoms with Crippen molar-refractivity contribution >= 4 is 11.3 Å². The van der Waals surface area contributed by atoms with Crippen molar-refractivity contribution < 1.29 is 4.42 Å². The maximum Gasteiger partial charge on any atom is 0.118 e. The van der Waals surface area contributed by atoms with Crippen molar-refractivity contribution in [3.63, 3.8) is 0 Å². The van der Waals surface area contributed by atoms with Crippen LogP contribution in [0.3, 0.4) is 0 Å². The molecule has 0 unspecified atom stereocenters. The summed E-state index contributed by atoms with van der Waals surface area (Å²) in [6, 6.07) is 3.87. The van der Waals surface area contributed by atoms with E-state index >= 15 is 0 Å². The SMILES string of the molecule is NCc1ccc(CNCCc2cscn2)o1. The third-order valence-electron chi connectivity index (χ3n) is 2.26. The van der Waals surface area contributed by atoms with E-state index in [1.54, 1.807) is 11.3 Å². The van der Waals surface area contributed by atoms with Crippen LogP contribution in [0.2, 0.25) is 0 Å². The lowest BCUT2D eigenvalue weighted by atomic mass is 10.3. The molecule has 0 fully saturated rings. The van der Waals surface area contributed by atoms with E-state index in [1.165, 1.54) is 0 Å². The molecule has 16 heavy (non-hydrogen) atoms. The Morgan fingerprint density at radius 1 is 1.38 bits per heavy atom. The Morgan fingerprint density at radius 3 is 2.94 bits per heavy atom. The molecule has 2 rings (SSSR count). The zero-order valence-electron chi connectivity index (χ0n) is 8.98. The first-order valence-corrected chi connectivity index (χ1v) is 6.18. The second-order valence-corrected chi connectivity index (χ2v) is 4.20. The van der Waals surface area contributed by atoms with E-state index in [0.717, 1.165) is 36.7 Å². The molecule has 2 aromatic heterocycles. The van der Waals surface area contributed by atoms with Crippen LogP contribution in [0.15, 0.2) is 27.4 Å². The average molecular weight is 237 g/mol. The third-order valence-corrected chi connectivity index (χ3v) is 2.89. The molecule has 0 amide bonds. The smallest absolute Gasteiger partial charge is 0.118 e. The van der Waals surface area contributed by atoms with Gasteiger partial charge in [-0.25, -0.2) is 4.98 Å². The van der Waals surface area contributed by atoms with E-state index in [4.69, 9.17) is 10.2 Å². The summed E-state index contributed by atoms with van der Waals surface area (Å²) >= 11 is 1.63. The summed E-state index contributed by atoms with van der Waals surface area (Å²) in [5.74, 6) is 1.76. The number of hydrogen-bond donors (Lipinski definition) is 2. The van der Waals surface area contributed by atoms with Gasteiger partial charge in [-0.2, -0.15) is 0 Å². The minimum Gasteiger partial charge on any atom is -0.463 e. The Hall–Kier alpha value is -1.17. The molecule has 0 saturated carbocycles. The van der Waals surface area contributed by atoms with E-state index in [1.807, 2.05) is 17.6 Å². The van der Waals surface area contributed by atoms with Gasteiger partial charge in [0.25, 0.3) is 0 Å². The number of nitrogens with one attached hydrogen (secondary N) is 1. The summed E-state index contributed by atoms with van der Waals surface area (Å²) < 4.78 is 5.47. The van der Waals surface area contributed by atoms with Gasteiger partial charge in [0.05, 0.1) is 24.3 Å². The second kappa shape index (κ2) is 5.79. The van der Waals surface area contributed by atoms with Gasteiger partial charge in [-0.3, -0.25) is 0 Å². The molecule has 0 spiro atoms. The van der Waals surface area contributed by atoms with Gasteiger partial charge in [-0.15, -0.1) is 11.3 Å². The minimum atomic E-state index is 0.457. The summed E-state index contributed by atoms with van der Waals surface area (Å²) in [7, 11) is 0. The number of nitrogens with zero attached hydrogens (tertiary/aromatic N) is 1. The first-order valence-electron chi connectivity index (χ1n) is 5.24. The van der Waals surface area contributed by atoms with Gasteiger partial charge in [0, 0.05) is 18.3 Å². The van der Waals surface area contributed by atoms with Crippen LogP contribution in [0.25, 0.3) is 0 Å². The maximum absolute atomic E-state index is 5.47. The third kappa shape index (κ3) is 3.16. The fraction of sp³-hybridized carbons (Fsp3) is 0.364. The Morgan fingerprint density at radius 2 is 2.25 bits per heavy atom. The zero-order valence-corrected chi connectivity index (χ0v) is 9.80. The largest absolute Gasteiger partial charge is 0.463 e. The van der Waals surface area contributed by atoms with E-state index in [0.29, 0.717) is 6.54 Å². The van der Waals surface area contributed by atoms with Crippen molar-refractivity contribution in [3.8, 4) is 0 Å². The quantitative estimate of drug-likeness (QED) is 0.748. The second-order valence-electron chi connectivity index (χ2n) is 3.48. The van der Waals surface area contributed by atoms with Gasteiger partial charge < -0.3 is 15.5 Å². The Bertz CT molecular complexity index is 411. The Balaban J connectivity index is 1.68. The minimum absolute atomic E-state index is 0.457. The lowest BCUT2D eigenvalue weighted by Crippen LogP contribution is -2.16. The van der Waals surface area contributed by atoms with Crippen LogP contribution < -0.4 is 11.1 Å².